The van der Waals surface area contributed by atoms with Crippen molar-refractivity contribution in [3.63, 3.8) is 0 Å². The zero-order valence-electron chi connectivity index (χ0n) is 6.90. The molecule has 0 unspecified atom stereocenters. The van der Waals surface area contributed by atoms with E-state index in [4.69, 9.17) is 23.1 Å². The number of hydrogen-bond donors (Lipinski definition) is 3. The van der Waals surface area contributed by atoms with Gasteiger partial charge in [0.15, 0.2) is 0 Å². The molecule has 1 rings (SSSR count). The monoisotopic (exact) mass is 222 g/mol. The maximum atomic E-state index is 9.34. The van der Waals surface area contributed by atoms with E-state index in [0.717, 1.165) is 0 Å². The van der Waals surface area contributed by atoms with E-state index in [2.05, 4.69) is 0 Å². The molecule has 0 amide bonds. The van der Waals surface area contributed by atoms with Gasteiger partial charge in [0.25, 0.3) is 0 Å². The number of phenolic OH excluding ortho intramolecular Hbond substituents is 1. The van der Waals surface area contributed by atoms with Gasteiger partial charge in [-0.15, -0.1) is 12.4 Å². The molecule has 0 spiro atoms. The van der Waals surface area contributed by atoms with Crippen LogP contribution in [0, 0.1) is 0 Å². The minimum atomic E-state index is -0.358. The van der Waals surface area contributed by atoms with Gasteiger partial charge in [-0.3, -0.25) is 0 Å². The molecule has 0 bridgehead atoms. The Morgan fingerprint density at radius 2 is 2.08 bits per heavy atom. The van der Waals surface area contributed by atoms with Crippen molar-refractivity contribution in [3.8, 4) is 5.75 Å². The number of phenols is 1. The fraction of sp³-hybridized carbons (Fsp3) is 0.250. The first-order valence-electron chi connectivity index (χ1n) is 3.59. The number of benzene rings is 1. The van der Waals surface area contributed by atoms with Crippen molar-refractivity contribution in [1.82, 2.24) is 0 Å². The van der Waals surface area contributed by atoms with Crippen LogP contribution < -0.4 is 11.5 Å². The second-order valence-corrected chi connectivity index (χ2v) is 2.98. The van der Waals surface area contributed by atoms with Gasteiger partial charge >= 0.3 is 0 Å². The Bertz CT molecular complexity index is 281. The van der Waals surface area contributed by atoms with Gasteiger partial charge in [-0.25, -0.2) is 0 Å². The minimum Gasteiger partial charge on any atom is -0.508 e. The lowest BCUT2D eigenvalue weighted by Crippen LogP contribution is -2.20. The molecule has 0 radical (unpaired) electrons. The number of rotatable bonds is 2. The van der Waals surface area contributed by atoms with Crippen LogP contribution in [-0.4, -0.2) is 11.7 Å². The van der Waals surface area contributed by atoms with Crippen LogP contribution >= 0.6 is 24.0 Å². The topological polar surface area (TPSA) is 72.3 Å². The van der Waals surface area contributed by atoms with Crippen LogP contribution in [0.15, 0.2) is 18.2 Å². The molecule has 0 heterocycles. The van der Waals surface area contributed by atoms with Crippen LogP contribution in [0.25, 0.3) is 0 Å². The van der Waals surface area contributed by atoms with Crippen molar-refractivity contribution >= 4 is 24.0 Å². The molecular formula is C8H12Cl2N2O. The highest BCUT2D eigenvalue weighted by molar-refractivity contribution is 6.30. The Kier molecular flexibility index (Phi) is 5.10. The van der Waals surface area contributed by atoms with E-state index in [1.54, 1.807) is 12.1 Å². The molecular weight excluding hydrogens is 211 g/mol. The third-order valence-electron chi connectivity index (χ3n) is 1.64. The molecule has 0 saturated heterocycles. The number of halogens is 2. The first kappa shape index (κ1) is 12.5. The molecule has 1 aromatic rings. The smallest absolute Gasteiger partial charge is 0.120 e. The summed E-state index contributed by atoms with van der Waals surface area (Å²) in [6.07, 6.45) is 0. The first-order valence-corrected chi connectivity index (χ1v) is 3.97. The molecule has 0 aliphatic rings. The van der Waals surface area contributed by atoms with E-state index in [-0.39, 0.29) is 30.7 Å². The summed E-state index contributed by atoms with van der Waals surface area (Å²) in [5, 5.41) is 9.89. The van der Waals surface area contributed by atoms with Gasteiger partial charge in [0.05, 0.1) is 0 Å². The van der Waals surface area contributed by atoms with Gasteiger partial charge in [-0.2, -0.15) is 0 Å². The molecule has 1 atom stereocenters. The van der Waals surface area contributed by atoms with Gasteiger partial charge in [0.1, 0.15) is 5.75 Å². The summed E-state index contributed by atoms with van der Waals surface area (Å²) >= 11 is 5.71. The van der Waals surface area contributed by atoms with Crippen molar-refractivity contribution in [3.05, 3.63) is 28.8 Å². The summed E-state index contributed by atoms with van der Waals surface area (Å²) in [5.41, 5.74) is 11.6. The van der Waals surface area contributed by atoms with E-state index in [9.17, 15) is 5.11 Å². The van der Waals surface area contributed by atoms with Crippen LogP contribution in [0.1, 0.15) is 11.6 Å². The Balaban J connectivity index is 0.00000144. The molecule has 3 nitrogen and oxygen atoms in total. The quantitative estimate of drug-likeness (QED) is 0.710. The van der Waals surface area contributed by atoms with Crippen molar-refractivity contribution < 1.29 is 5.11 Å². The normalized spacial score (nSPS) is 11.9. The van der Waals surface area contributed by atoms with E-state index >= 15 is 0 Å². The third-order valence-corrected chi connectivity index (χ3v) is 1.88. The summed E-state index contributed by atoms with van der Waals surface area (Å²) < 4.78 is 0. The second-order valence-electron chi connectivity index (χ2n) is 2.55. The Hall–Kier alpha value is -0.480. The Labute approximate surface area is 88.1 Å². The maximum Gasteiger partial charge on any atom is 0.120 e. The summed E-state index contributed by atoms with van der Waals surface area (Å²) in [5.74, 6) is 0.136. The first-order chi connectivity index (χ1) is 5.65. The molecule has 0 fully saturated rings. The largest absolute Gasteiger partial charge is 0.508 e. The highest BCUT2D eigenvalue weighted by Crippen LogP contribution is 2.25. The van der Waals surface area contributed by atoms with Gasteiger partial charge in [0, 0.05) is 23.2 Å². The summed E-state index contributed by atoms with van der Waals surface area (Å²) in [6.45, 7) is 0.286. The highest BCUT2D eigenvalue weighted by atomic mass is 35.5. The molecule has 0 aliphatic carbocycles. The second kappa shape index (κ2) is 5.29. The fourth-order valence-corrected chi connectivity index (χ4v) is 1.13. The van der Waals surface area contributed by atoms with Crippen molar-refractivity contribution in [1.29, 1.82) is 0 Å². The van der Waals surface area contributed by atoms with Crippen molar-refractivity contribution in [2.75, 3.05) is 6.54 Å². The van der Waals surface area contributed by atoms with Crippen LogP contribution in [0.5, 0.6) is 5.75 Å². The zero-order valence-corrected chi connectivity index (χ0v) is 8.48. The lowest BCUT2D eigenvalue weighted by atomic mass is 10.1. The minimum absolute atomic E-state index is 0. The standard InChI is InChI=1S/C8H11ClN2O.ClH/c9-5-1-2-8(12)6(3-5)7(11)4-10;/h1-3,7,12H,4,10-11H2;1H/t7-;/m0./s1. The average molecular weight is 223 g/mol. The van der Waals surface area contributed by atoms with E-state index in [0.29, 0.717) is 10.6 Å². The molecule has 5 N–H and O–H groups in total. The number of hydrogen-bond acceptors (Lipinski definition) is 3. The van der Waals surface area contributed by atoms with E-state index in [1.807, 2.05) is 0 Å². The lowest BCUT2D eigenvalue weighted by molar-refractivity contribution is 0.462. The Morgan fingerprint density at radius 3 is 2.62 bits per heavy atom. The molecule has 0 aliphatic heterocycles. The van der Waals surface area contributed by atoms with Gasteiger partial charge < -0.3 is 16.6 Å². The summed E-state index contributed by atoms with van der Waals surface area (Å²) in [7, 11) is 0. The third kappa shape index (κ3) is 3.04. The van der Waals surface area contributed by atoms with Gasteiger partial charge in [-0.05, 0) is 18.2 Å². The highest BCUT2D eigenvalue weighted by Gasteiger charge is 2.08. The molecule has 74 valence electrons. The van der Waals surface area contributed by atoms with E-state index in [1.165, 1.54) is 6.07 Å². The van der Waals surface area contributed by atoms with Gasteiger partial charge in [-0.1, -0.05) is 11.6 Å². The van der Waals surface area contributed by atoms with Crippen LogP contribution in [0.3, 0.4) is 0 Å². The molecule has 5 heteroatoms. The zero-order chi connectivity index (χ0) is 9.14. The maximum absolute atomic E-state index is 9.34. The van der Waals surface area contributed by atoms with Crippen molar-refractivity contribution in [2.24, 2.45) is 11.5 Å². The molecule has 0 saturated carbocycles. The Morgan fingerprint density at radius 1 is 1.46 bits per heavy atom. The molecule has 0 aromatic heterocycles. The number of aromatic hydroxyl groups is 1. The summed E-state index contributed by atoms with van der Waals surface area (Å²) in [6, 6.07) is 4.37. The number of nitrogens with two attached hydrogens (primary N) is 2. The SMILES string of the molecule is Cl.NC[C@H](N)c1cc(Cl)ccc1O. The molecule has 13 heavy (non-hydrogen) atoms. The summed E-state index contributed by atoms with van der Waals surface area (Å²) in [4.78, 5) is 0. The predicted molar refractivity (Wildman–Crippen MR) is 56.3 cm³/mol. The van der Waals surface area contributed by atoms with Crippen LogP contribution in [0.2, 0.25) is 5.02 Å². The van der Waals surface area contributed by atoms with Gasteiger partial charge in [0.2, 0.25) is 0 Å². The fourth-order valence-electron chi connectivity index (χ4n) is 0.949. The lowest BCUT2D eigenvalue weighted by Gasteiger charge is -2.10. The van der Waals surface area contributed by atoms with Crippen LogP contribution in [0.4, 0.5) is 0 Å². The predicted octanol–water partition coefficient (Wildman–Crippen LogP) is 1.43. The van der Waals surface area contributed by atoms with Crippen molar-refractivity contribution in [2.45, 2.75) is 6.04 Å². The molecule has 1 aromatic carbocycles. The average Bonchev–Trinajstić information content (AvgIpc) is 2.08. The van der Waals surface area contributed by atoms with E-state index < -0.39 is 0 Å². The van der Waals surface area contributed by atoms with Crippen LogP contribution in [-0.2, 0) is 0 Å².